The summed E-state index contributed by atoms with van der Waals surface area (Å²) in [6.07, 6.45) is 4.19. The number of hydrogen-bond acceptors (Lipinski definition) is 5. The van der Waals surface area contributed by atoms with Gasteiger partial charge in [-0.15, -0.1) is 0 Å². The number of hydrogen-bond donors (Lipinski definition) is 0. The average molecular weight is 375 g/mol. The van der Waals surface area contributed by atoms with Gasteiger partial charge >= 0.3 is 0 Å². The molecule has 1 fully saturated rings. The Labute approximate surface area is 158 Å². The SMILES string of the molecule is CC(C)Oc1nccnc1N1CCCN(C(=O)c2ccc(Cl)cc2)CC1. The van der Waals surface area contributed by atoms with Crippen LogP contribution in [0.1, 0.15) is 30.6 Å². The number of benzene rings is 1. The summed E-state index contributed by atoms with van der Waals surface area (Å²) in [5.74, 6) is 1.31. The minimum Gasteiger partial charge on any atom is -0.472 e. The van der Waals surface area contributed by atoms with Crippen LogP contribution in [0.25, 0.3) is 0 Å². The lowest BCUT2D eigenvalue weighted by atomic mass is 10.2. The second kappa shape index (κ2) is 8.36. The van der Waals surface area contributed by atoms with Gasteiger partial charge in [-0.25, -0.2) is 9.97 Å². The standard InChI is InChI=1S/C19H23ClN4O2/c1-14(2)26-18-17(21-8-9-22-18)23-10-3-11-24(13-12-23)19(25)15-4-6-16(20)7-5-15/h4-9,14H,3,10-13H2,1-2H3. The summed E-state index contributed by atoms with van der Waals surface area (Å²) in [6, 6.07) is 7.02. The van der Waals surface area contributed by atoms with Gasteiger partial charge < -0.3 is 14.5 Å². The van der Waals surface area contributed by atoms with E-state index in [9.17, 15) is 4.79 Å². The molecular weight excluding hydrogens is 352 g/mol. The fraction of sp³-hybridized carbons (Fsp3) is 0.421. The summed E-state index contributed by atoms with van der Waals surface area (Å²) in [5, 5.41) is 0.629. The van der Waals surface area contributed by atoms with Crippen LogP contribution < -0.4 is 9.64 Å². The molecule has 3 rings (SSSR count). The number of anilines is 1. The molecule has 0 atom stereocenters. The minimum absolute atomic E-state index is 0.0282. The Kier molecular flexibility index (Phi) is 5.93. The van der Waals surface area contributed by atoms with Gasteiger partial charge in [-0.2, -0.15) is 0 Å². The highest BCUT2D eigenvalue weighted by Crippen LogP contribution is 2.25. The van der Waals surface area contributed by atoms with Crippen LogP contribution in [0.2, 0.25) is 5.02 Å². The van der Waals surface area contributed by atoms with Gasteiger partial charge in [-0.1, -0.05) is 11.6 Å². The summed E-state index contributed by atoms with van der Waals surface area (Å²) in [5.41, 5.74) is 0.659. The second-order valence-corrected chi connectivity index (χ2v) is 6.93. The van der Waals surface area contributed by atoms with E-state index in [1.54, 1.807) is 36.7 Å². The first-order valence-corrected chi connectivity index (χ1v) is 9.20. The van der Waals surface area contributed by atoms with Crippen molar-refractivity contribution in [2.24, 2.45) is 0 Å². The summed E-state index contributed by atoms with van der Waals surface area (Å²) < 4.78 is 5.79. The second-order valence-electron chi connectivity index (χ2n) is 6.49. The third-order valence-electron chi connectivity index (χ3n) is 4.17. The smallest absolute Gasteiger partial charge is 0.257 e. The van der Waals surface area contributed by atoms with Crippen LogP contribution in [0.5, 0.6) is 5.88 Å². The third kappa shape index (κ3) is 4.43. The lowest BCUT2D eigenvalue weighted by Gasteiger charge is -2.24. The molecule has 7 heteroatoms. The van der Waals surface area contributed by atoms with Crippen LogP contribution in [-0.4, -0.2) is 53.1 Å². The highest BCUT2D eigenvalue weighted by Gasteiger charge is 2.23. The van der Waals surface area contributed by atoms with Crippen LogP contribution in [0.15, 0.2) is 36.7 Å². The Morgan fingerprint density at radius 2 is 1.81 bits per heavy atom. The fourth-order valence-corrected chi connectivity index (χ4v) is 3.07. The monoisotopic (exact) mass is 374 g/mol. The number of carbonyl (C=O) groups excluding carboxylic acids is 1. The topological polar surface area (TPSA) is 58.6 Å². The van der Waals surface area contributed by atoms with Gasteiger partial charge in [0.2, 0.25) is 0 Å². The molecule has 0 saturated carbocycles. The Bertz CT molecular complexity index is 751. The summed E-state index contributed by atoms with van der Waals surface area (Å²) >= 11 is 5.91. The largest absolute Gasteiger partial charge is 0.472 e. The van der Waals surface area contributed by atoms with E-state index in [2.05, 4.69) is 14.9 Å². The van der Waals surface area contributed by atoms with Crippen molar-refractivity contribution >= 4 is 23.3 Å². The van der Waals surface area contributed by atoms with E-state index in [4.69, 9.17) is 16.3 Å². The van der Waals surface area contributed by atoms with E-state index < -0.39 is 0 Å². The number of amides is 1. The molecule has 0 aliphatic carbocycles. The number of halogens is 1. The van der Waals surface area contributed by atoms with Crippen molar-refractivity contribution in [1.82, 2.24) is 14.9 Å². The highest BCUT2D eigenvalue weighted by atomic mass is 35.5. The minimum atomic E-state index is 0.0282. The maximum absolute atomic E-state index is 12.7. The molecule has 0 spiro atoms. The van der Waals surface area contributed by atoms with Gasteiger partial charge in [0.15, 0.2) is 5.82 Å². The van der Waals surface area contributed by atoms with Crippen LogP contribution >= 0.6 is 11.6 Å². The lowest BCUT2D eigenvalue weighted by molar-refractivity contribution is 0.0767. The molecule has 1 aliphatic heterocycles. The van der Waals surface area contributed by atoms with E-state index in [0.717, 1.165) is 18.8 Å². The number of aromatic nitrogens is 2. The molecular formula is C19H23ClN4O2. The summed E-state index contributed by atoms with van der Waals surface area (Å²) in [6.45, 7) is 6.75. The molecule has 138 valence electrons. The molecule has 1 aliphatic rings. The number of rotatable bonds is 4. The molecule has 2 aromatic rings. The van der Waals surface area contributed by atoms with Crippen LogP contribution in [0.4, 0.5) is 5.82 Å². The van der Waals surface area contributed by atoms with E-state index in [1.165, 1.54) is 0 Å². The third-order valence-corrected chi connectivity index (χ3v) is 4.42. The van der Waals surface area contributed by atoms with Gasteiger partial charge in [0.1, 0.15) is 0 Å². The molecule has 26 heavy (non-hydrogen) atoms. The van der Waals surface area contributed by atoms with Crippen molar-refractivity contribution in [3.8, 4) is 5.88 Å². The zero-order valence-electron chi connectivity index (χ0n) is 15.1. The van der Waals surface area contributed by atoms with Crippen molar-refractivity contribution < 1.29 is 9.53 Å². The average Bonchev–Trinajstić information content (AvgIpc) is 2.88. The van der Waals surface area contributed by atoms with Crippen molar-refractivity contribution in [3.63, 3.8) is 0 Å². The van der Waals surface area contributed by atoms with Crippen molar-refractivity contribution in [3.05, 3.63) is 47.2 Å². The number of nitrogens with zero attached hydrogens (tertiary/aromatic N) is 4. The van der Waals surface area contributed by atoms with Crippen LogP contribution in [0, 0.1) is 0 Å². The lowest BCUT2D eigenvalue weighted by Crippen LogP contribution is -2.35. The van der Waals surface area contributed by atoms with Gasteiger partial charge in [-0.05, 0) is 44.5 Å². The summed E-state index contributed by atoms with van der Waals surface area (Å²) in [4.78, 5) is 25.5. The van der Waals surface area contributed by atoms with E-state index in [-0.39, 0.29) is 12.0 Å². The Hall–Kier alpha value is -2.34. The molecule has 0 radical (unpaired) electrons. The van der Waals surface area contributed by atoms with E-state index in [0.29, 0.717) is 36.1 Å². The summed E-state index contributed by atoms with van der Waals surface area (Å²) in [7, 11) is 0. The first-order valence-electron chi connectivity index (χ1n) is 8.82. The molecule has 2 heterocycles. The van der Waals surface area contributed by atoms with E-state index >= 15 is 0 Å². The number of ether oxygens (including phenoxy) is 1. The number of carbonyl (C=O) groups is 1. The van der Waals surface area contributed by atoms with Gasteiger partial charge in [0, 0.05) is 49.2 Å². The Balaban J connectivity index is 1.71. The molecule has 0 N–H and O–H groups in total. The maximum atomic E-state index is 12.7. The van der Waals surface area contributed by atoms with Crippen molar-refractivity contribution in [2.75, 3.05) is 31.1 Å². The van der Waals surface area contributed by atoms with Gasteiger partial charge in [-0.3, -0.25) is 4.79 Å². The molecule has 0 bridgehead atoms. The molecule has 1 saturated heterocycles. The molecule has 1 aromatic heterocycles. The van der Waals surface area contributed by atoms with Crippen molar-refractivity contribution in [1.29, 1.82) is 0 Å². The van der Waals surface area contributed by atoms with Gasteiger partial charge in [0.25, 0.3) is 11.8 Å². The van der Waals surface area contributed by atoms with E-state index in [1.807, 2.05) is 18.7 Å². The first-order chi connectivity index (χ1) is 12.5. The molecule has 1 amide bonds. The molecule has 6 nitrogen and oxygen atoms in total. The zero-order chi connectivity index (χ0) is 18.5. The first kappa shape index (κ1) is 18.5. The molecule has 0 unspecified atom stereocenters. The highest BCUT2D eigenvalue weighted by molar-refractivity contribution is 6.30. The Morgan fingerprint density at radius 1 is 1.08 bits per heavy atom. The predicted molar refractivity (Wildman–Crippen MR) is 102 cm³/mol. The quantitative estimate of drug-likeness (QED) is 0.822. The fourth-order valence-electron chi connectivity index (χ4n) is 2.95. The van der Waals surface area contributed by atoms with Crippen LogP contribution in [0.3, 0.4) is 0 Å². The maximum Gasteiger partial charge on any atom is 0.257 e. The van der Waals surface area contributed by atoms with Crippen molar-refractivity contribution in [2.45, 2.75) is 26.4 Å². The Morgan fingerprint density at radius 3 is 2.54 bits per heavy atom. The normalized spacial score (nSPS) is 15.1. The van der Waals surface area contributed by atoms with Gasteiger partial charge in [0.05, 0.1) is 6.10 Å². The zero-order valence-corrected chi connectivity index (χ0v) is 15.8. The molecule has 1 aromatic carbocycles. The van der Waals surface area contributed by atoms with Crippen LogP contribution in [-0.2, 0) is 0 Å². The predicted octanol–water partition coefficient (Wildman–Crippen LogP) is 3.27.